The third-order valence-electron chi connectivity index (χ3n) is 3.14. The maximum atomic E-state index is 12.2. The largest absolute Gasteiger partial charge is 0.495 e. The standard InChI is InChI=1S/C15H11ClN2O3S/c1-20-14-8(10-4-3-5-22-10)6-9-13(12(14)15(19)21-2)17-7-11(16)18-9/h3-7H,1-2H3. The molecule has 0 radical (unpaired) electrons. The lowest BCUT2D eigenvalue weighted by molar-refractivity contribution is 0.0599. The molecule has 0 atom stereocenters. The van der Waals surface area contributed by atoms with E-state index in [2.05, 4.69) is 9.97 Å². The van der Waals surface area contributed by atoms with E-state index >= 15 is 0 Å². The number of aromatic nitrogens is 2. The van der Waals surface area contributed by atoms with Crippen LogP contribution in [0.2, 0.25) is 5.15 Å². The summed E-state index contributed by atoms with van der Waals surface area (Å²) in [5, 5.41) is 2.20. The molecule has 1 aromatic carbocycles. The lowest BCUT2D eigenvalue weighted by Gasteiger charge is -2.13. The van der Waals surface area contributed by atoms with Crippen LogP contribution in [0.3, 0.4) is 0 Å². The highest BCUT2D eigenvalue weighted by Gasteiger charge is 2.24. The minimum absolute atomic E-state index is 0.245. The first-order valence-electron chi connectivity index (χ1n) is 6.31. The van der Waals surface area contributed by atoms with Gasteiger partial charge in [0.05, 0.1) is 25.9 Å². The van der Waals surface area contributed by atoms with Crippen molar-refractivity contribution in [2.45, 2.75) is 0 Å². The highest BCUT2D eigenvalue weighted by molar-refractivity contribution is 7.13. The minimum Gasteiger partial charge on any atom is -0.495 e. The molecule has 22 heavy (non-hydrogen) atoms. The lowest BCUT2D eigenvalue weighted by Crippen LogP contribution is -2.07. The van der Waals surface area contributed by atoms with Crippen molar-refractivity contribution in [2.24, 2.45) is 0 Å². The van der Waals surface area contributed by atoms with E-state index in [1.165, 1.54) is 31.8 Å². The Bertz CT molecular complexity index is 850. The number of nitrogens with zero attached hydrogens (tertiary/aromatic N) is 2. The maximum Gasteiger partial charge on any atom is 0.343 e. The summed E-state index contributed by atoms with van der Waals surface area (Å²) in [5.74, 6) is -0.115. The second-order valence-electron chi connectivity index (χ2n) is 4.36. The maximum absolute atomic E-state index is 12.2. The van der Waals surface area contributed by atoms with Crippen LogP contribution in [0, 0.1) is 0 Å². The average Bonchev–Trinajstić information content (AvgIpc) is 3.06. The molecule has 2 heterocycles. The van der Waals surface area contributed by atoms with Gasteiger partial charge in [0.25, 0.3) is 0 Å². The van der Waals surface area contributed by atoms with Crippen LogP contribution in [0.5, 0.6) is 5.75 Å². The predicted molar refractivity (Wildman–Crippen MR) is 85.8 cm³/mol. The summed E-state index contributed by atoms with van der Waals surface area (Å²) in [6, 6.07) is 5.67. The molecule has 3 rings (SSSR count). The Morgan fingerprint density at radius 1 is 1.36 bits per heavy atom. The van der Waals surface area contributed by atoms with Crippen LogP contribution in [0.4, 0.5) is 0 Å². The van der Waals surface area contributed by atoms with E-state index < -0.39 is 5.97 Å². The van der Waals surface area contributed by atoms with E-state index in [1.54, 1.807) is 0 Å². The summed E-state index contributed by atoms with van der Waals surface area (Å²) >= 11 is 7.45. The van der Waals surface area contributed by atoms with E-state index in [-0.39, 0.29) is 10.7 Å². The van der Waals surface area contributed by atoms with Gasteiger partial charge in [0, 0.05) is 10.4 Å². The third kappa shape index (κ3) is 2.40. The number of benzene rings is 1. The number of fused-ring (bicyclic) bond motifs is 1. The Balaban J connectivity index is 2.43. The van der Waals surface area contributed by atoms with Gasteiger partial charge in [-0.3, -0.25) is 4.98 Å². The molecule has 0 aliphatic rings. The smallest absolute Gasteiger partial charge is 0.343 e. The molecule has 112 valence electrons. The monoisotopic (exact) mass is 334 g/mol. The van der Waals surface area contributed by atoms with Crippen molar-refractivity contribution in [3.05, 3.63) is 40.5 Å². The van der Waals surface area contributed by atoms with Gasteiger partial charge in [-0.25, -0.2) is 9.78 Å². The van der Waals surface area contributed by atoms with Gasteiger partial charge in [-0.2, -0.15) is 0 Å². The predicted octanol–water partition coefficient (Wildman–Crippen LogP) is 3.81. The van der Waals surface area contributed by atoms with Gasteiger partial charge in [0.1, 0.15) is 22.0 Å². The SMILES string of the molecule is COC(=O)c1c(OC)c(-c2cccs2)cc2nc(Cl)cnc12. The fraction of sp³-hybridized carbons (Fsp3) is 0.133. The van der Waals surface area contributed by atoms with Crippen molar-refractivity contribution in [2.75, 3.05) is 14.2 Å². The zero-order valence-corrected chi connectivity index (χ0v) is 13.4. The first-order chi connectivity index (χ1) is 10.7. The first-order valence-corrected chi connectivity index (χ1v) is 7.57. The number of carbonyl (C=O) groups is 1. The number of esters is 1. The normalized spacial score (nSPS) is 10.7. The topological polar surface area (TPSA) is 61.3 Å². The molecule has 3 aromatic rings. The fourth-order valence-corrected chi connectivity index (χ4v) is 3.12. The van der Waals surface area contributed by atoms with Gasteiger partial charge < -0.3 is 9.47 Å². The number of hydrogen-bond acceptors (Lipinski definition) is 6. The minimum atomic E-state index is -0.531. The number of halogens is 1. The van der Waals surface area contributed by atoms with Crippen molar-refractivity contribution in [3.63, 3.8) is 0 Å². The number of hydrogen-bond donors (Lipinski definition) is 0. The summed E-state index contributed by atoms with van der Waals surface area (Å²) < 4.78 is 10.3. The quantitative estimate of drug-likeness (QED) is 0.682. The molecule has 0 bridgehead atoms. The van der Waals surface area contributed by atoms with Crippen LogP contribution in [-0.2, 0) is 4.74 Å². The molecule has 0 aliphatic carbocycles. The Morgan fingerprint density at radius 2 is 2.18 bits per heavy atom. The average molecular weight is 335 g/mol. The second kappa shape index (κ2) is 5.90. The summed E-state index contributed by atoms with van der Waals surface area (Å²) in [7, 11) is 2.82. The van der Waals surface area contributed by atoms with Crippen LogP contribution < -0.4 is 4.74 Å². The van der Waals surface area contributed by atoms with Crippen LogP contribution in [0.1, 0.15) is 10.4 Å². The Morgan fingerprint density at radius 3 is 2.82 bits per heavy atom. The van der Waals surface area contributed by atoms with Crippen molar-refractivity contribution < 1.29 is 14.3 Å². The molecular weight excluding hydrogens is 324 g/mol. The molecule has 5 nitrogen and oxygen atoms in total. The molecule has 0 saturated heterocycles. The summed E-state index contributed by atoms with van der Waals surface area (Å²) in [4.78, 5) is 21.6. The van der Waals surface area contributed by atoms with Crippen LogP contribution in [0.25, 0.3) is 21.5 Å². The first kappa shape index (κ1) is 14.7. The zero-order valence-electron chi connectivity index (χ0n) is 11.8. The second-order valence-corrected chi connectivity index (χ2v) is 5.70. The van der Waals surface area contributed by atoms with E-state index in [4.69, 9.17) is 21.1 Å². The van der Waals surface area contributed by atoms with E-state index in [0.717, 1.165) is 10.4 Å². The van der Waals surface area contributed by atoms with Crippen molar-refractivity contribution in [3.8, 4) is 16.2 Å². The Hall–Kier alpha value is -2.18. The molecule has 0 spiro atoms. The summed E-state index contributed by atoms with van der Waals surface area (Å²) in [5.41, 5.74) is 1.91. The summed E-state index contributed by atoms with van der Waals surface area (Å²) in [6.45, 7) is 0. The van der Waals surface area contributed by atoms with Crippen molar-refractivity contribution in [1.82, 2.24) is 9.97 Å². The van der Waals surface area contributed by atoms with Gasteiger partial charge in [-0.15, -0.1) is 11.3 Å². The van der Waals surface area contributed by atoms with E-state index in [0.29, 0.717) is 16.8 Å². The van der Waals surface area contributed by atoms with Gasteiger partial charge in [0.15, 0.2) is 0 Å². The molecule has 2 aromatic heterocycles. The summed E-state index contributed by atoms with van der Waals surface area (Å²) in [6.07, 6.45) is 1.39. The van der Waals surface area contributed by atoms with E-state index in [9.17, 15) is 4.79 Å². The molecule has 0 amide bonds. The van der Waals surface area contributed by atoms with Gasteiger partial charge in [0.2, 0.25) is 0 Å². The number of carbonyl (C=O) groups excluding carboxylic acids is 1. The van der Waals surface area contributed by atoms with Crippen LogP contribution >= 0.6 is 22.9 Å². The molecule has 0 fully saturated rings. The Kier molecular flexibility index (Phi) is 3.96. The number of methoxy groups -OCH3 is 2. The zero-order chi connectivity index (χ0) is 15.7. The Labute approximate surface area is 135 Å². The van der Waals surface area contributed by atoms with Gasteiger partial charge in [-0.1, -0.05) is 17.7 Å². The van der Waals surface area contributed by atoms with Gasteiger partial charge in [-0.05, 0) is 17.5 Å². The van der Waals surface area contributed by atoms with Crippen LogP contribution in [-0.4, -0.2) is 30.2 Å². The number of ether oxygens (including phenoxy) is 2. The highest BCUT2D eigenvalue weighted by Crippen LogP contribution is 2.39. The molecular formula is C15H11ClN2O3S. The lowest BCUT2D eigenvalue weighted by atomic mass is 10.0. The van der Waals surface area contributed by atoms with Gasteiger partial charge >= 0.3 is 5.97 Å². The molecule has 0 unspecified atom stereocenters. The van der Waals surface area contributed by atoms with Crippen LogP contribution in [0.15, 0.2) is 29.8 Å². The molecule has 0 aliphatic heterocycles. The van der Waals surface area contributed by atoms with E-state index in [1.807, 2.05) is 23.6 Å². The number of rotatable bonds is 3. The third-order valence-corrected chi connectivity index (χ3v) is 4.23. The fourth-order valence-electron chi connectivity index (χ4n) is 2.24. The van der Waals surface area contributed by atoms with Crippen molar-refractivity contribution >= 4 is 39.9 Å². The molecule has 7 heteroatoms. The highest BCUT2D eigenvalue weighted by atomic mass is 35.5. The molecule has 0 N–H and O–H groups in total. The van der Waals surface area contributed by atoms with Crippen molar-refractivity contribution in [1.29, 1.82) is 0 Å². The molecule has 0 saturated carbocycles. The number of thiophene rings is 1.